The number of β-amino-alcohol motifs (C(OH)–C–C–N with tert-alkyl or cyclic N) is 1. The molecule has 1 aliphatic carbocycles. The van der Waals surface area contributed by atoms with Crippen LogP contribution in [-0.4, -0.2) is 51.7 Å². The number of carbonyl (C=O) groups excluding carboxylic acids is 2. The van der Waals surface area contributed by atoms with Gasteiger partial charge >= 0.3 is 0 Å². The highest BCUT2D eigenvalue weighted by Gasteiger charge is 2.41. The minimum absolute atomic E-state index is 0.0326. The minimum atomic E-state index is -0.886. The average Bonchev–Trinajstić information content (AvgIpc) is 3.52. The minimum Gasteiger partial charge on any atom is -0.391 e. The smallest absolute Gasteiger partial charge is 0.226 e. The van der Waals surface area contributed by atoms with Gasteiger partial charge in [0.25, 0.3) is 0 Å². The lowest BCUT2D eigenvalue weighted by atomic mass is 9.91. The lowest BCUT2D eigenvalue weighted by molar-refractivity contribution is -0.133. The number of amides is 2. The lowest BCUT2D eigenvalue weighted by Crippen LogP contribution is -2.43. The van der Waals surface area contributed by atoms with Crippen molar-refractivity contribution >= 4 is 11.8 Å². The van der Waals surface area contributed by atoms with E-state index in [4.69, 9.17) is 0 Å². The number of carbonyl (C=O) groups is 2. The molecule has 2 aliphatic rings. The molecule has 0 spiro atoms. The molecule has 1 fully saturated rings. The predicted molar refractivity (Wildman–Crippen MR) is 175 cm³/mol. The SMILES string of the molecule is O=C(N[C@@H]1c2ccccc2C[C@H]1O)C(Cc1ccccc1)C[C@H](O)CN1C(=O)[C@@H](Cc2ccccc2)C[C@@H]1Cc1ccccc1. The van der Waals surface area contributed by atoms with Crippen molar-refractivity contribution in [2.45, 2.75) is 62.8 Å². The zero-order valence-electron chi connectivity index (χ0n) is 25.5. The van der Waals surface area contributed by atoms with Crippen LogP contribution in [0.3, 0.4) is 0 Å². The Morgan fingerprint density at radius 1 is 0.800 bits per heavy atom. The van der Waals surface area contributed by atoms with E-state index in [-0.39, 0.29) is 36.7 Å². The molecule has 0 radical (unpaired) electrons. The van der Waals surface area contributed by atoms with E-state index in [0.717, 1.165) is 40.7 Å². The van der Waals surface area contributed by atoms with Crippen LogP contribution in [0.25, 0.3) is 0 Å². The number of fused-ring (bicyclic) bond motifs is 1. The van der Waals surface area contributed by atoms with Gasteiger partial charge in [-0.15, -0.1) is 0 Å². The van der Waals surface area contributed by atoms with Crippen LogP contribution >= 0.6 is 0 Å². The Labute approximate surface area is 265 Å². The monoisotopic (exact) mass is 602 g/mol. The van der Waals surface area contributed by atoms with Gasteiger partial charge in [0.05, 0.1) is 18.2 Å². The normalized spacial score (nSPS) is 22.2. The van der Waals surface area contributed by atoms with Crippen LogP contribution in [0, 0.1) is 11.8 Å². The molecule has 4 aromatic rings. The first-order valence-electron chi connectivity index (χ1n) is 16.1. The summed E-state index contributed by atoms with van der Waals surface area (Å²) in [6.07, 6.45) is 1.68. The Morgan fingerprint density at radius 3 is 2.04 bits per heavy atom. The average molecular weight is 603 g/mol. The maximum Gasteiger partial charge on any atom is 0.226 e. The molecule has 1 aliphatic heterocycles. The van der Waals surface area contributed by atoms with Crippen molar-refractivity contribution in [2.75, 3.05) is 6.54 Å². The van der Waals surface area contributed by atoms with E-state index in [0.29, 0.717) is 19.3 Å². The van der Waals surface area contributed by atoms with Gasteiger partial charge in [0.2, 0.25) is 11.8 Å². The highest BCUT2D eigenvalue weighted by molar-refractivity contribution is 5.82. The van der Waals surface area contributed by atoms with E-state index < -0.39 is 24.2 Å². The molecule has 0 saturated carbocycles. The Hall–Kier alpha value is -4.26. The van der Waals surface area contributed by atoms with Crippen LogP contribution in [-0.2, 0) is 35.3 Å². The van der Waals surface area contributed by atoms with E-state index in [2.05, 4.69) is 29.6 Å². The summed E-state index contributed by atoms with van der Waals surface area (Å²) in [5.41, 5.74) is 5.27. The molecule has 1 saturated heterocycles. The zero-order valence-corrected chi connectivity index (χ0v) is 25.5. The Morgan fingerprint density at radius 2 is 1.38 bits per heavy atom. The molecule has 3 N–H and O–H groups in total. The number of hydrogen-bond acceptors (Lipinski definition) is 4. The number of hydrogen-bond donors (Lipinski definition) is 3. The maximum absolute atomic E-state index is 13.8. The summed E-state index contributed by atoms with van der Waals surface area (Å²) in [5, 5.41) is 25.4. The number of benzene rings is 4. The van der Waals surface area contributed by atoms with Crippen molar-refractivity contribution in [3.8, 4) is 0 Å². The number of nitrogens with zero attached hydrogens (tertiary/aromatic N) is 1. The fourth-order valence-corrected chi connectivity index (χ4v) is 7.19. The molecule has 1 unspecified atom stereocenters. The van der Waals surface area contributed by atoms with Crippen LogP contribution in [0.5, 0.6) is 0 Å². The number of likely N-dealkylation sites (tertiary alicyclic amines) is 1. The molecule has 6 atom stereocenters. The summed E-state index contributed by atoms with van der Waals surface area (Å²) in [5.74, 6) is -0.823. The number of aliphatic hydroxyl groups is 2. The molecule has 0 bridgehead atoms. The molecule has 0 aromatic heterocycles. The second-order valence-corrected chi connectivity index (χ2v) is 12.7. The summed E-state index contributed by atoms with van der Waals surface area (Å²) in [6, 6.07) is 37.4. The molecule has 1 heterocycles. The molecule has 2 amide bonds. The molecular formula is C39H42N2O4. The van der Waals surface area contributed by atoms with Gasteiger partial charge in [0.15, 0.2) is 0 Å². The summed E-state index contributed by atoms with van der Waals surface area (Å²) in [6.45, 7) is 0.176. The molecule has 4 aromatic carbocycles. The standard InChI is InChI=1S/C39H42N2O4/c42-34(26-41-33(22-29-16-8-3-9-17-29)23-32(39(41)45)21-28-14-6-2-7-15-28)24-31(20-27-12-4-1-5-13-27)38(44)40-37-35-19-11-10-18-30(35)25-36(37)43/h1-19,31-34,36-37,42-43H,20-26H2,(H,40,44)/t31?,32-,33-,34-,36+,37+/m0/s1. The van der Waals surface area contributed by atoms with Crippen molar-refractivity contribution in [3.05, 3.63) is 143 Å². The van der Waals surface area contributed by atoms with Crippen molar-refractivity contribution in [3.63, 3.8) is 0 Å². The Bertz CT molecular complexity index is 1560. The van der Waals surface area contributed by atoms with E-state index in [9.17, 15) is 19.8 Å². The first kappa shape index (κ1) is 30.8. The second-order valence-electron chi connectivity index (χ2n) is 12.7. The second kappa shape index (κ2) is 14.2. The third kappa shape index (κ3) is 7.52. The Balaban J connectivity index is 1.18. The summed E-state index contributed by atoms with van der Waals surface area (Å²) in [7, 11) is 0. The third-order valence-electron chi connectivity index (χ3n) is 9.43. The summed E-state index contributed by atoms with van der Waals surface area (Å²) < 4.78 is 0. The Kier molecular flexibility index (Phi) is 9.72. The van der Waals surface area contributed by atoms with Gasteiger partial charge in [0.1, 0.15) is 0 Å². The van der Waals surface area contributed by atoms with Gasteiger partial charge in [-0.1, -0.05) is 115 Å². The first-order chi connectivity index (χ1) is 21.9. The maximum atomic E-state index is 13.8. The fourth-order valence-electron chi connectivity index (χ4n) is 7.19. The van der Waals surface area contributed by atoms with Gasteiger partial charge in [-0.25, -0.2) is 0 Å². The van der Waals surface area contributed by atoms with Crippen molar-refractivity contribution in [2.24, 2.45) is 11.8 Å². The topological polar surface area (TPSA) is 89.9 Å². The van der Waals surface area contributed by atoms with Gasteiger partial charge in [-0.05, 0) is 59.9 Å². The van der Waals surface area contributed by atoms with E-state index in [1.165, 1.54) is 0 Å². The quantitative estimate of drug-likeness (QED) is 0.211. The van der Waals surface area contributed by atoms with Crippen molar-refractivity contribution in [1.29, 1.82) is 0 Å². The third-order valence-corrected chi connectivity index (χ3v) is 9.43. The predicted octanol–water partition coefficient (Wildman–Crippen LogP) is 5.07. The van der Waals surface area contributed by atoms with Crippen LogP contribution in [0.1, 0.15) is 46.7 Å². The van der Waals surface area contributed by atoms with Crippen LogP contribution in [0.4, 0.5) is 0 Å². The number of rotatable bonds is 12. The summed E-state index contributed by atoms with van der Waals surface area (Å²) >= 11 is 0. The van der Waals surface area contributed by atoms with Gasteiger partial charge in [0, 0.05) is 30.8 Å². The number of aliphatic hydroxyl groups excluding tert-OH is 2. The van der Waals surface area contributed by atoms with Crippen LogP contribution in [0.2, 0.25) is 0 Å². The molecule has 6 heteroatoms. The molecule has 6 rings (SSSR count). The first-order valence-corrected chi connectivity index (χ1v) is 16.1. The van der Waals surface area contributed by atoms with Crippen LogP contribution in [0.15, 0.2) is 115 Å². The highest BCUT2D eigenvalue weighted by Crippen LogP contribution is 2.33. The van der Waals surface area contributed by atoms with Gasteiger partial charge in [-0.3, -0.25) is 9.59 Å². The van der Waals surface area contributed by atoms with Crippen molar-refractivity contribution in [1.82, 2.24) is 10.2 Å². The van der Waals surface area contributed by atoms with Crippen LogP contribution < -0.4 is 5.32 Å². The largest absolute Gasteiger partial charge is 0.391 e. The zero-order chi connectivity index (χ0) is 31.2. The molecule has 45 heavy (non-hydrogen) atoms. The van der Waals surface area contributed by atoms with Gasteiger partial charge in [-0.2, -0.15) is 0 Å². The lowest BCUT2D eigenvalue weighted by Gasteiger charge is -2.29. The van der Waals surface area contributed by atoms with Gasteiger partial charge < -0.3 is 20.4 Å². The molecule has 232 valence electrons. The summed E-state index contributed by atoms with van der Waals surface area (Å²) in [4.78, 5) is 29.6. The highest BCUT2D eigenvalue weighted by atomic mass is 16.3. The van der Waals surface area contributed by atoms with E-state index >= 15 is 0 Å². The van der Waals surface area contributed by atoms with E-state index in [1.807, 2.05) is 95.9 Å². The van der Waals surface area contributed by atoms with E-state index in [1.54, 1.807) is 0 Å². The molecular weight excluding hydrogens is 560 g/mol. The van der Waals surface area contributed by atoms with Crippen molar-refractivity contribution < 1.29 is 19.8 Å². The number of nitrogens with one attached hydrogen (secondary N) is 1. The molecule has 6 nitrogen and oxygen atoms in total. The fraction of sp³-hybridized carbons (Fsp3) is 0.333.